The Morgan fingerprint density at radius 3 is 2.82 bits per heavy atom. The smallest absolute Gasteiger partial charge is 0.319 e. The van der Waals surface area contributed by atoms with Gasteiger partial charge in [0.05, 0.1) is 11.4 Å². The molecule has 1 aromatic carbocycles. The second kappa shape index (κ2) is 4.34. The van der Waals surface area contributed by atoms with E-state index >= 15 is 0 Å². The molecule has 2 amide bonds. The highest BCUT2D eigenvalue weighted by Gasteiger charge is 2.13. The zero-order valence-electron chi connectivity index (χ0n) is 8.99. The van der Waals surface area contributed by atoms with E-state index in [9.17, 15) is 4.79 Å². The van der Waals surface area contributed by atoms with E-state index < -0.39 is 6.03 Å². The number of carbonyl (C=O) groups excluding carboxylic acids is 1. The molecular formula is C9H10N6OS. The van der Waals surface area contributed by atoms with E-state index in [2.05, 4.69) is 15.5 Å². The summed E-state index contributed by atoms with van der Waals surface area (Å²) in [5.41, 5.74) is 6.51. The van der Waals surface area contributed by atoms with Crippen LogP contribution in [-0.4, -0.2) is 33.3 Å². The summed E-state index contributed by atoms with van der Waals surface area (Å²) < 4.78 is 1.76. The molecule has 0 aliphatic rings. The van der Waals surface area contributed by atoms with Crippen LogP contribution in [0.2, 0.25) is 0 Å². The number of aromatic amines is 1. The van der Waals surface area contributed by atoms with E-state index in [1.54, 1.807) is 25.2 Å². The predicted molar refractivity (Wildman–Crippen MR) is 64.5 cm³/mol. The molecule has 1 heterocycles. The van der Waals surface area contributed by atoms with Crippen LogP contribution >= 0.6 is 12.2 Å². The van der Waals surface area contributed by atoms with Crippen LogP contribution in [0.4, 0.5) is 10.5 Å². The fraction of sp³-hybridized carbons (Fsp3) is 0.111. The van der Waals surface area contributed by atoms with Crippen LogP contribution < -0.4 is 10.6 Å². The first-order valence-corrected chi connectivity index (χ1v) is 5.14. The van der Waals surface area contributed by atoms with Crippen molar-refractivity contribution in [2.45, 2.75) is 0 Å². The van der Waals surface area contributed by atoms with Gasteiger partial charge in [0, 0.05) is 7.05 Å². The number of nitrogens with two attached hydrogens (primary N) is 1. The molecule has 0 atom stereocenters. The van der Waals surface area contributed by atoms with Gasteiger partial charge in [-0.2, -0.15) is 5.21 Å². The molecule has 0 aliphatic carbocycles. The van der Waals surface area contributed by atoms with Gasteiger partial charge in [0.2, 0.25) is 4.77 Å². The lowest BCUT2D eigenvalue weighted by molar-refractivity contribution is 0.255. The second-order valence-corrected chi connectivity index (χ2v) is 3.67. The number of hydrogen-bond donors (Lipinski definition) is 2. The van der Waals surface area contributed by atoms with Crippen molar-refractivity contribution in [3.05, 3.63) is 29.0 Å². The SMILES string of the molecule is CN(C(N)=O)c1ccccc1-n1[nH]nnc1=S. The van der Waals surface area contributed by atoms with Crippen molar-refractivity contribution in [3.63, 3.8) is 0 Å². The molecule has 88 valence electrons. The number of nitrogens with zero attached hydrogens (tertiary/aromatic N) is 4. The summed E-state index contributed by atoms with van der Waals surface area (Å²) in [7, 11) is 1.58. The van der Waals surface area contributed by atoms with Crippen molar-refractivity contribution in [1.82, 2.24) is 20.2 Å². The van der Waals surface area contributed by atoms with Crippen molar-refractivity contribution >= 4 is 23.9 Å². The Morgan fingerprint density at radius 1 is 1.53 bits per heavy atom. The zero-order valence-corrected chi connectivity index (χ0v) is 9.81. The fourth-order valence-corrected chi connectivity index (χ4v) is 1.59. The lowest BCUT2D eigenvalue weighted by atomic mass is 10.2. The van der Waals surface area contributed by atoms with Crippen molar-refractivity contribution in [3.8, 4) is 5.69 Å². The van der Waals surface area contributed by atoms with Gasteiger partial charge in [0.25, 0.3) is 0 Å². The number of tetrazole rings is 1. The number of aromatic nitrogens is 4. The third-order valence-electron chi connectivity index (χ3n) is 2.29. The topological polar surface area (TPSA) is 92.8 Å². The molecule has 0 spiro atoms. The molecule has 0 saturated carbocycles. The maximum Gasteiger partial charge on any atom is 0.319 e. The van der Waals surface area contributed by atoms with Crippen LogP contribution in [-0.2, 0) is 0 Å². The molecule has 17 heavy (non-hydrogen) atoms. The first-order chi connectivity index (χ1) is 8.11. The summed E-state index contributed by atoms with van der Waals surface area (Å²) in [4.78, 5) is 12.5. The van der Waals surface area contributed by atoms with Crippen LogP contribution in [0.1, 0.15) is 0 Å². The number of para-hydroxylation sites is 2. The van der Waals surface area contributed by atoms with Crippen molar-refractivity contribution in [1.29, 1.82) is 0 Å². The predicted octanol–water partition coefficient (Wildman–Crippen LogP) is 0.840. The van der Waals surface area contributed by atoms with E-state index in [0.717, 1.165) is 0 Å². The summed E-state index contributed by atoms with van der Waals surface area (Å²) >= 11 is 5.00. The molecule has 0 unspecified atom stereocenters. The number of urea groups is 1. The van der Waals surface area contributed by atoms with E-state index in [-0.39, 0.29) is 4.77 Å². The van der Waals surface area contributed by atoms with Crippen molar-refractivity contribution < 1.29 is 4.79 Å². The maximum absolute atomic E-state index is 11.2. The van der Waals surface area contributed by atoms with Gasteiger partial charge in [-0.25, -0.2) is 9.48 Å². The minimum absolute atomic E-state index is 0.273. The Kier molecular flexibility index (Phi) is 2.88. The number of benzene rings is 1. The molecule has 0 radical (unpaired) electrons. The van der Waals surface area contributed by atoms with Crippen LogP contribution in [0.25, 0.3) is 5.69 Å². The van der Waals surface area contributed by atoms with Gasteiger partial charge in [0.15, 0.2) is 0 Å². The largest absolute Gasteiger partial charge is 0.351 e. The molecule has 8 heteroatoms. The molecule has 7 nitrogen and oxygen atoms in total. The molecule has 3 N–H and O–H groups in total. The van der Waals surface area contributed by atoms with Crippen molar-refractivity contribution in [2.75, 3.05) is 11.9 Å². The van der Waals surface area contributed by atoms with Gasteiger partial charge in [-0.15, -0.1) is 0 Å². The summed E-state index contributed by atoms with van der Waals surface area (Å²) in [6.07, 6.45) is 0. The lowest BCUT2D eigenvalue weighted by Crippen LogP contribution is -2.32. The summed E-state index contributed by atoms with van der Waals surface area (Å²) in [6, 6.07) is 6.59. The van der Waals surface area contributed by atoms with Crippen LogP contribution in [0, 0.1) is 4.77 Å². The van der Waals surface area contributed by atoms with Gasteiger partial charge in [0.1, 0.15) is 0 Å². The Balaban J connectivity index is 2.60. The normalized spacial score (nSPS) is 10.2. The maximum atomic E-state index is 11.2. The lowest BCUT2D eigenvalue weighted by Gasteiger charge is -2.17. The van der Waals surface area contributed by atoms with Gasteiger partial charge >= 0.3 is 6.03 Å². The molecule has 0 bridgehead atoms. The number of anilines is 1. The molecule has 2 aromatic rings. The summed E-state index contributed by atoms with van der Waals surface area (Å²) in [5, 5.41) is 9.90. The Bertz CT molecular complexity index is 603. The first-order valence-electron chi connectivity index (χ1n) is 4.74. The highest BCUT2D eigenvalue weighted by Crippen LogP contribution is 2.22. The fourth-order valence-electron chi connectivity index (χ4n) is 1.41. The molecule has 0 fully saturated rings. The third-order valence-corrected chi connectivity index (χ3v) is 2.55. The first kappa shape index (κ1) is 11.3. The highest BCUT2D eigenvalue weighted by atomic mass is 32.1. The Labute approximate surface area is 102 Å². The number of H-pyrrole nitrogens is 1. The van der Waals surface area contributed by atoms with E-state index in [4.69, 9.17) is 18.0 Å². The van der Waals surface area contributed by atoms with E-state index in [1.807, 2.05) is 6.07 Å². The highest BCUT2D eigenvalue weighted by molar-refractivity contribution is 7.71. The Hall–Kier alpha value is -2.22. The number of primary amides is 1. The number of rotatable bonds is 2. The van der Waals surface area contributed by atoms with Crippen LogP contribution in [0.5, 0.6) is 0 Å². The average Bonchev–Trinajstić information content (AvgIpc) is 2.74. The number of hydrogen-bond acceptors (Lipinski definition) is 4. The van der Waals surface area contributed by atoms with E-state index in [0.29, 0.717) is 11.4 Å². The summed E-state index contributed by atoms with van der Waals surface area (Å²) in [5.74, 6) is 0. The summed E-state index contributed by atoms with van der Waals surface area (Å²) in [6.45, 7) is 0. The number of amides is 2. The minimum atomic E-state index is -0.559. The van der Waals surface area contributed by atoms with Gasteiger partial charge < -0.3 is 5.73 Å². The second-order valence-electron chi connectivity index (χ2n) is 3.30. The molecular weight excluding hydrogens is 240 g/mol. The molecule has 0 aliphatic heterocycles. The quantitative estimate of drug-likeness (QED) is 0.772. The zero-order chi connectivity index (χ0) is 12.4. The Morgan fingerprint density at radius 2 is 2.24 bits per heavy atom. The molecule has 2 rings (SSSR count). The van der Waals surface area contributed by atoms with Gasteiger partial charge in [-0.1, -0.05) is 22.4 Å². The average molecular weight is 250 g/mol. The third kappa shape index (κ3) is 2.02. The van der Waals surface area contributed by atoms with Gasteiger partial charge in [-0.3, -0.25) is 4.90 Å². The van der Waals surface area contributed by atoms with Crippen molar-refractivity contribution in [2.24, 2.45) is 5.73 Å². The van der Waals surface area contributed by atoms with Crippen LogP contribution in [0.15, 0.2) is 24.3 Å². The number of carbonyl (C=O) groups is 1. The standard InChI is InChI=1S/C9H10N6OS/c1-14(8(10)16)6-4-2-3-5-7(6)15-9(17)11-12-13-15/h2-5H,1H3,(H2,10,16)(H,11,13,17). The molecule has 0 saturated heterocycles. The minimum Gasteiger partial charge on any atom is -0.351 e. The molecule has 1 aromatic heterocycles. The number of nitrogens with one attached hydrogen (secondary N) is 1. The monoisotopic (exact) mass is 250 g/mol. The van der Waals surface area contributed by atoms with E-state index in [1.165, 1.54) is 9.58 Å². The van der Waals surface area contributed by atoms with Crippen LogP contribution in [0.3, 0.4) is 0 Å². The van der Waals surface area contributed by atoms with Gasteiger partial charge in [-0.05, 0) is 24.4 Å².